The Morgan fingerprint density at radius 3 is 2.67 bits per heavy atom. The Hall–Kier alpha value is -2.34. The number of methoxy groups -OCH3 is 1. The van der Waals surface area contributed by atoms with Gasteiger partial charge < -0.3 is 9.84 Å². The van der Waals surface area contributed by atoms with Crippen LogP contribution in [0.2, 0.25) is 0 Å². The fraction of sp³-hybridized carbons (Fsp3) is 0.444. The van der Waals surface area contributed by atoms with Crippen LogP contribution in [0.25, 0.3) is 0 Å². The molecule has 1 aromatic rings. The molecular formula is C18H22N2O4. The van der Waals surface area contributed by atoms with Crippen LogP contribution in [0.5, 0.6) is 11.5 Å². The quantitative estimate of drug-likeness (QED) is 0.920. The summed E-state index contributed by atoms with van der Waals surface area (Å²) in [5.74, 6) is 0.187. The molecule has 1 aliphatic heterocycles. The maximum atomic E-state index is 12.7. The zero-order valence-electron chi connectivity index (χ0n) is 14.2. The standard InChI is InChI=1S/C18H22N2O4/c1-19(2)20-13-5-4-6-15(22)18(13)12(10-17(20)23)11-7-8-14(21)16(9-11)24-3/h7-9,12,21H,4-6,10H2,1-3H3. The van der Waals surface area contributed by atoms with Crippen LogP contribution >= 0.6 is 0 Å². The monoisotopic (exact) mass is 330 g/mol. The van der Waals surface area contributed by atoms with E-state index in [0.717, 1.165) is 29.7 Å². The summed E-state index contributed by atoms with van der Waals surface area (Å²) in [4.78, 5) is 25.3. The van der Waals surface area contributed by atoms with Crippen LogP contribution in [0.4, 0.5) is 0 Å². The van der Waals surface area contributed by atoms with Gasteiger partial charge in [0.15, 0.2) is 17.3 Å². The molecule has 1 unspecified atom stereocenters. The third-order valence-corrected chi connectivity index (χ3v) is 4.65. The first-order valence-electron chi connectivity index (χ1n) is 8.07. The number of aromatic hydroxyl groups is 1. The number of benzene rings is 1. The van der Waals surface area contributed by atoms with Gasteiger partial charge in [-0.3, -0.25) is 9.59 Å². The molecule has 6 nitrogen and oxygen atoms in total. The normalized spacial score (nSPS) is 21.3. The van der Waals surface area contributed by atoms with Crippen molar-refractivity contribution >= 4 is 11.7 Å². The molecule has 0 saturated carbocycles. The minimum Gasteiger partial charge on any atom is -0.504 e. The number of hydrogen-bond acceptors (Lipinski definition) is 5. The fourth-order valence-corrected chi connectivity index (χ4v) is 3.64. The Morgan fingerprint density at radius 1 is 1.25 bits per heavy atom. The van der Waals surface area contributed by atoms with Gasteiger partial charge in [0.25, 0.3) is 0 Å². The molecule has 1 N–H and O–H groups in total. The number of Topliss-reactive ketones (excluding diaryl/α,β-unsaturated/α-hetero) is 1. The maximum absolute atomic E-state index is 12.7. The molecule has 0 fully saturated rings. The zero-order chi connectivity index (χ0) is 17.4. The number of hydrogen-bond donors (Lipinski definition) is 1. The van der Waals surface area contributed by atoms with Gasteiger partial charge in [-0.2, -0.15) is 0 Å². The first-order chi connectivity index (χ1) is 11.4. The van der Waals surface area contributed by atoms with Crippen molar-refractivity contribution in [1.29, 1.82) is 0 Å². The number of allylic oxidation sites excluding steroid dienone is 2. The van der Waals surface area contributed by atoms with E-state index in [1.165, 1.54) is 7.11 Å². The van der Waals surface area contributed by atoms with Gasteiger partial charge in [0, 0.05) is 44.1 Å². The molecule has 24 heavy (non-hydrogen) atoms. The van der Waals surface area contributed by atoms with E-state index in [1.54, 1.807) is 28.2 Å². The molecule has 1 aliphatic carbocycles. The molecule has 0 saturated heterocycles. The Labute approximate surface area is 141 Å². The lowest BCUT2D eigenvalue weighted by Gasteiger charge is -2.41. The highest BCUT2D eigenvalue weighted by molar-refractivity contribution is 6.01. The third kappa shape index (κ3) is 2.67. The summed E-state index contributed by atoms with van der Waals surface area (Å²) in [5.41, 5.74) is 2.35. The molecule has 128 valence electrons. The summed E-state index contributed by atoms with van der Waals surface area (Å²) >= 11 is 0. The summed E-state index contributed by atoms with van der Waals surface area (Å²) in [6.07, 6.45) is 2.23. The number of ether oxygens (including phenoxy) is 1. The van der Waals surface area contributed by atoms with Crippen molar-refractivity contribution in [3.05, 3.63) is 35.0 Å². The van der Waals surface area contributed by atoms with E-state index in [9.17, 15) is 14.7 Å². The topological polar surface area (TPSA) is 70.1 Å². The lowest BCUT2D eigenvalue weighted by Crippen LogP contribution is -2.47. The van der Waals surface area contributed by atoms with Gasteiger partial charge in [-0.1, -0.05) is 6.07 Å². The Morgan fingerprint density at radius 2 is 2.00 bits per heavy atom. The number of amides is 1. The molecule has 0 bridgehead atoms. The van der Waals surface area contributed by atoms with Crippen LogP contribution in [0.1, 0.15) is 37.2 Å². The predicted octanol–water partition coefficient (Wildman–Crippen LogP) is 2.20. The first-order valence-corrected chi connectivity index (χ1v) is 8.07. The maximum Gasteiger partial charge on any atom is 0.242 e. The number of ketones is 1. The summed E-state index contributed by atoms with van der Waals surface area (Å²) in [6.45, 7) is 0. The highest BCUT2D eigenvalue weighted by atomic mass is 16.5. The number of nitrogens with zero attached hydrogens (tertiary/aromatic N) is 2. The number of phenols is 1. The highest BCUT2D eigenvalue weighted by Gasteiger charge is 2.40. The number of hydrazine groups is 1. The second kappa shape index (κ2) is 6.28. The second-order valence-corrected chi connectivity index (χ2v) is 6.38. The highest BCUT2D eigenvalue weighted by Crippen LogP contribution is 2.43. The minimum absolute atomic E-state index is 0.0227. The molecule has 0 radical (unpaired) electrons. The van der Waals surface area contributed by atoms with Gasteiger partial charge in [-0.05, 0) is 30.5 Å². The number of carbonyl (C=O) groups excluding carboxylic acids is 2. The van der Waals surface area contributed by atoms with E-state index in [1.807, 2.05) is 14.1 Å². The lowest BCUT2D eigenvalue weighted by molar-refractivity contribution is -0.143. The van der Waals surface area contributed by atoms with Crippen molar-refractivity contribution in [2.45, 2.75) is 31.6 Å². The van der Waals surface area contributed by atoms with Crippen molar-refractivity contribution < 1.29 is 19.4 Å². The van der Waals surface area contributed by atoms with Crippen molar-refractivity contribution in [2.75, 3.05) is 21.2 Å². The van der Waals surface area contributed by atoms with Crippen LogP contribution in [-0.4, -0.2) is 48.0 Å². The van der Waals surface area contributed by atoms with Gasteiger partial charge >= 0.3 is 0 Å². The van der Waals surface area contributed by atoms with Crippen LogP contribution in [0.3, 0.4) is 0 Å². The molecule has 1 amide bonds. The lowest BCUT2D eigenvalue weighted by atomic mass is 9.77. The summed E-state index contributed by atoms with van der Waals surface area (Å²) in [7, 11) is 5.10. The average Bonchev–Trinajstić information content (AvgIpc) is 2.54. The van der Waals surface area contributed by atoms with Gasteiger partial charge in [0.1, 0.15) is 0 Å². The average molecular weight is 330 g/mol. The Kier molecular flexibility index (Phi) is 4.32. The fourth-order valence-electron chi connectivity index (χ4n) is 3.64. The molecule has 6 heteroatoms. The smallest absolute Gasteiger partial charge is 0.242 e. The second-order valence-electron chi connectivity index (χ2n) is 6.38. The van der Waals surface area contributed by atoms with Crippen LogP contribution in [0, 0.1) is 0 Å². The number of rotatable bonds is 3. The minimum atomic E-state index is -0.286. The number of carbonyl (C=O) groups is 2. The molecular weight excluding hydrogens is 308 g/mol. The molecule has 1 atom stereocenters. The van der Waals surface area contributed by atoms with E-state index >= 15 is 0 Å². The van der Waals surface area contributed by atoms with E-state index in [-0.39, 0.29) is 29.8 Å². The van der Waals surface area contributed by atoms with Gasteiger partial charge in [-0.15, -0.1) is 0 Å². The van der Waals surface area contributed by atoms with Gasteiger partial charge in [-0.25, -0.2) is 10.0 Å². The van der Waals surface area contributed by atoms with E-state index in [0.29, 0.717) is 12.2 Å². The van der Waals surface area contributed by atoms with Crippen molar-refractivity contribution in [3.8, 4) is 11.5 Å². The summed E-state index contributed by atoms with van der Waals surface area (Å²) in [6, 6.07) is 5.02. The van der Waals surface area contributed by atoms with E-state index in [2.05, 4.69) is 0 Å². The molecule has 1 heterocycles. The van der Waals surface area contributed by atoms with Crippen molar-refractivity contribution in [1.82, 2.24) is 10.0 Å². The summed E-state index contributed by atoms with van der Waals surface area (Å²) in [5, 5.41) is 13.2. The summed E-state index contributed by atoms with van der Waals surface area (Å²) < 4.78 is 5.17. The van der Waals surface area contributed by atoms with Gasteiger partial charge in [0.05, 0.1) is 7.11 Å². The van der Waals surface area contributed by atoms with Crippen molar-refractivity contribution in [2.24, 2.45) is 0 Å². The van der Waals surface area contributed by atoms with E-state index in [4.69, 9.17) is 4.74 Å². The predicted molar refractivity (Wildman–Crippen MR) is 88.4 cm³/mol. The largest absolute Gasteiger partial charge is 0.504 e. The van der Waals surface area contributed by atoms with Crippen molar-refractivity contribution in [3.63, 3.8) is 0 Å². The molecule has 0 spiro atoms. The van der Waals surface area contributed by atoms with E-state index < -0.39 is 0 Å². The van der Waals surface area contributed by atoms with Crippen LogP contribution < -0.4 is 4.74 Å². The third-order valence-electron chi connectivity index (χ3n) is 4.65. The molecule has 1 aromatic carbocycles. The van der Waals surface area contributed by atoms with Crippen LogP contribution in [0.15, 0.2) is 29.5 Å². The SMILES string of the molecule is COc1cc(C2CC(=O)N(N(C)C)C3=C2C(=O)CCC3)ccc1O. The van der Waals surface area contributed by atoms with Crippen LogP contribution in [-0.2, 0) is 9.59 Å². The molecule has 3 rings (SSSR count). The first kappa shape index (κ1) is 16.5. The number of phenolic OH excluding ortho intramolecular Hbond substituents is 1. The zero-order valence-corrected chi connectivity index (χ0v) is 14.2. The van der Waals surface area contributed by atoms with Gasteiger partial charge in [0.2, 0.25) is 5.91 Å². The Balaban J connectivity index is 2.12. The molecule has 0 aromatic heterocycles. The Bertz CT molecular complexity index is 724. The molecule has 2 aliphatic rings.